The van der Waals surface area contributed by atoms with Gasteiger partial charge in [-0.3, -0.25) is 14.4 Å². The van der Waals surface area contributed by atoms with E-state index in [9.17, 15) is 19.5 Å². The van der Waals surface area contributed by atoms with Crippen molar-refractivity contribution in [2.45, 2.75) is 70.2 Å². The van der Waals surface area contributed by atoms with Crippen LogP contribution in [-0.4, -0.2) is 82.2 Å². The molecule has 1 spiro atoms. The zero-order valence-electron chi connectivity index (χ0n) is 25.9. The van der Waals surface area contributed by atoms with E-state index in [0.29, 0.717) is 31.6 Å². The van der Waals surface area contributed by atoms with E-state index in [4.69, 9.17) is 4.74 Å². The second kappa shape index (κ2) is 11.9. The van der Waals surface area contributed by atoms with Crippen molar-refractivity contribution in [2.24, 2.45) is 17.8 Å². The first-order valence-corrected chi connectivity index (χ1v) is 15.6. The Labute approximate surface area is 255 Å². The Morgan fingerprint density at radius 3 is 2.44 bits per heavy atom. The van der Waals surface area contributed by atoms with Crippen LogP contribution in [0.15, 0.2) is 67.8 Å². The fraction of sp³-hybridized carbons (Fsp3) is 0.514. The molecule has 3 aliphatic rings. The Hall–Kier alpha value is -3.49. The lowest BCUT2D eigenvalue weighted by Crippen LogP contribution is -2.59. The highest BCUT2D eigenvalue weighted by Crippen LogP contribution is 2.66. The van der Waals surface area contributed by atoms with Crippen LogP contribution in [0, 0.1) is 17.8 Å². The number of ether oxygens (including phenoxy) is 1. The van der Waals surface area contributed by atoms with E-state index >= 15 is 0 Å². The molecule has 3 heterocycles. The molecule has 1 N–H and O–H groups in total. The van der Waals surface area contributed by atoms with Crippen LogP contribution >= 0.6 is 0 Å². The summed E-state index contributed by atoms with van der Waals surface area (Å²) in [6, 6.07) is 12.2. The molecule has 2 aromatic rings. The highest BCUT2D eigenvalue weighted by atomic mass is 16.5. The Balaban J connectivity index is 1.64. The fourth-order valence-electron chi connectivity index (χ4n) is 8.00. The molecule has 0 radical (unpaired) electrons. The molecule has 0 aliphatic carbocycles. The zero-order valence-corrected chi connectivity index (χ0v) is 25.9. The van der Waals surface area contributed by atoms with E-state index in [1.54, 1.807) is 26.9 Å². The normalized spacial score (nSPS) is 29.9. The lowest BCUT2D eigenvalue weighted by atomic mass is 9.62. The lowest BCUT2D eigenvalue weighted by Gasteiger charge is -2.39. The average molecular weight is 588 g/mol. The first kappa shape index (κ1) is 31.0. The van der Waals surface area contributed by atoms with Crippen molar-refractivity contribution < 1.29 is 24.2 Å². The van der Waals surface area contributed by atoms with Crippen molar-refractivity contribution in [2.75, 3.05) is 31.1 Å². The van der Waals surface area contributed by atoms with E-state index in [2.05, 4.69) is 13.2 Å². The second-order valence-electron chi connectivity index (χ2n) is 12.5. The van der Waals surface area contributed by atoms with Gasteiger partial charge >= 0.3 is 0 Å². The summed E-state index contributed by atoms with van der Waals surface area (Å²) in [5, 5.41) is 12.5. The van der Waals surface area contributed by atoms with Gasteiger partial charge in [0.2, 0.25) is 11.8 Å². The number of likely N-dealkylation sites (tertiary alicyclic amines) is 1. The van der Waals surface area contributed by atoms with Gasteiger partial charge in [-0.25, -0.2) is 0 Å². The van der Waals surface area contributed by atoms with Crippen molar-refractivity contribution in [3.05, 3.63) is 67.8 Å². The average Bonchev–Trinajstić information content (AvgIpc) is 3.52. The third kappa shape index (κ3) is 4.70. The smallest absolute Gasteiger partial charge is 0.253 e. The van der Waals surface area contributed by atoms with Crippen LogP contribution in [-0.2, 0) is 19.1 Å². The van der Waals surface area contributed by atoms with Crippen LogP contribution in [0.25, 0.3) is 10.8 Å². The maximum absolute atomic E-state index is 14.9. The molecule has 3 unspecified atom stereocenters. The summed E-state index contributed by atoms with van der Waals surface area (Å²) in [6.07, 6.45) is 5.06. The predicted octanol–water partition coefficient (Wildman–Crippen LogP) is 4.57. The number of rotatable bonds is 12. The Morgan fingerprint density at radius 2 is 1.81 bits per heavy atom. The maximum Gasteiger partial charge on any atom is 0.253 e. The molecule has 0 aromatic heterocycles. The van der Waals surface area contributed by atoms with Crippen molar-refractivity contribution in [3.63, 3.8) is 0 Å². The number of hydrogen-bond acceptors (Lipinski definition) is 5. The monoisotopic (exact) mass is 587 g/mol. The summed E-state index contributed by atoms with van der Waals surface area (Å²) >= 11 is 0. The van der Waals surface area contributed by atoms with Gasteiger partial charge in [-0.1, -0.05) is 63.3 Å². The van der Waals surface area contributed by atoms with Crippen molar-refractivity contribution in [1.29, 1.82) is 0 Å². The number of carbonyl (C=O) groups is 3. The number of anilines is 1. The minimum Gasteiger partial charge on any atom is -0.394 e. The molecule has 7 atom stereocenters. The summed E-state index contributed by atoms with van der Waals surface area (Å²) in [5.74, 6) is -2.38. The van der Waals surface area contributed by atoms with Crippen LogP contribution in [0.5, 0.6) is 0 Å². The number of amides is 3. The molecular weight excluding hydrogens is 542 g/mol. The number of nitrogens with zero attached hydrogens (tertiary/aromatic N) is 3. The SMILES string of the molecule is C=CCN(CCC)C(=O)[C@@H]1[C@H]2C(=O)N([C@@H](CC)CO)C(C(=O)N(CC=C)c3ccc4ccccc4c3)C23CC(C)[C@@]1(C)O3. The number of benzene rings is 2. The van der Waals surface area contributed by atoms with Crippen LogP contribution in [0.2, 0.25) is 0 Å². The molecule has 230 valence electrons. The predicted molar refractivity (Wildman–Crippen MR) is 168 cm³/mol. The van der Waals surface area contributed by atoms with Gasteiger partial charge < -0.3 is 24.5 Å². The highest BCUT2D eigenvalue weighted by molar-refractivity contribution is 6.06. The summed E-state index contributed by atoms with van der Waals surface area (Å²) in [5.41, 5.74) is -1.43. The fourth-order valence-corrected chi connectivity index (χ4v) is 8.00. The second-order valence-corrected chi connectivity index (χ2v) is 12.5. The van der Waals surface area contributed by atoms with Crippen molar-refractivity contribution in [1.82, 2.24) is 9.80 Å². The molecule has 8 heteroatoms. The molecule has 3 saturated heterocycles. The van der Waals surface area contributed by atoms with Crippen LogP contribution in [0.3, 0.4) is 0 Å². The molecule has 3 fully saturated rings. The Kier molecular flexibility index (Phi) is 8.56. The van der Waals surface area contributed by atoms with E-state index in [1.165, 1.54) is 0 Å². The van der Waals surface area contributed by atoms with Gasteiger partial charge in [0.25, 0.3) is 5.91 Å². The number of carbonyl (C=O) groups excluding carboxylic acids is 3. The van der Waals surface area contributed by atoms with Gasteiger partial charge in [-0.15, -0.1) is 13.2 Å². The summed E-state index contributed by atoms with van der Waals surface area (Å²) in [4.78, 5) is 48.8. The summed E-state index contributed by atoms with van der Waals surface area (Å²) < 4.78 is 6.94. The van der Waals surface area contributed by atoms with E-state index in [-0.39, 0.29) is 36.8 Å². The van der Waals surface area contributed by atoms with Crippen LogP contribution in [0.4, 0.5) is 5.69 Å². The zero-order chi connectivity index (χ0) is 31.1. The number of hydrogen-bond donors (Lipinski definition) is 1. The lowest BCUT2D eigenvalue weighted by molar-refractivity contribution is -0.153. The van der Waals surface area contributed by atoms with Gasteiger partial charge in [-0.2, -0.15) is 0 Å². The molecule has 8 nitrogen and oxygen atoms in total. The van der Waals surface area contributed by atoms with Crippen LogP contribution in [0.1, 0.15) is 47.0 Å². The van der Waals surface area contributed by atoms with Gasteiger partial charge in [0.05, 0.1) is 30.1 Å². The topological polar surface area (TPSA) is 90.4 Å². The maximum atomic E-state index is 14.9. The molecule has 5 rings (SSSR count). The van der Waals surface area contributed by atoms with Crippen LogP contribution < -0.4 is 4.90 Å². The van der Waals surface area contributed by atoms with Crippen molar-refractivity contribution >= 4 is 34.2 Å². The largest absolute Gasteiger partial charge is 0.394 e. The summed E-state index contributed by atoms with van der Waals surface area (Å²) in [6.45, 7) is 16.5. The molecule has 2 bridgehead atoms. The minimum absolute atomic E-state index is 0.0734. The summed E-state index contributed by atoms with van der Waals surface area (Å²) in [7, 11) is 0. The van der Waals surface area contributed by atoms with Gasteiger partial charge in [0.15, 0.2) is 0 Å². The molecule has 3 aliphatic heterocycles. The standard InChI is InChI=1S/C35H45N3O5/c1-7-17-36(18-8-2)31(40)28-29-32(41)38(26(10-4)22-39)30(35(29)21-23(5)34(28,6)43-35)33(42)37(19-9-3)27-16-15-24-13-11-12-14-25(24)20-27/h7,9,11-16,20,23,26,28-30,39H,1,3,8,10,17-19,21-22H2,2,4-6H3/t23?,26-,28-,29-,30?,34+,35?/m0/s1. The number of aliphatic hydroxyl groups is 1. The number of aliphatic hydroxyl groups excluding tert-OH is 1. The molecular formula is C35H45N3O5. The third-order valence-electron chi connectivity index (χ3n) is 10.1. The van der Waals surface area contributed by atoms with E-state index < -0.39 is 35.1 Å². The van der Waals surface area contributed by atoms with Gasteiger partial charge in [0.1, 0.15) is 11.6 Å². The Morgan fingerprint density at radius 1 is 1.12 bits per heavy atom. The molecule has 3 amide bonds. The highest BCUT2D eigenvalue weighted by Gasteiger charge is 2.80. The van der Waals surface area contributed by atoms with Gasteiger partial charge in [-0.05, 0) is 55.0 Å². The first-order valence-electron chi connectivity index (χ1n) is 15.6. The molecule has 2 aromatic carbocycles. The molecule has 0 saturated carbocycles. The Bertz CT molecular complexity index is 1420. The molecule has 43 heavy (non-hydrogen) atoms. The minimum atomic E-state index is -1.20. The first-order chi connectivity index (χ1) is 20.6. The van der Waals surface area contributed by atoms with Crippen molar-refractivity contribution in [3.8, 4) is 0 Å². The van der Waals surface area contributed by atoms with E-state index in [0.717, 1.165) is 17.2 Å². The van der Waals surface area contributed by atoms with E-state index in [1.807, 2.05) is 70.2 Å². The third-order valence-corrected chi connectivity index (χ3v) is 10.1. The quantitative estimate of drug-likeness (QED) is 0.368. The van der Waals surface area contributed by atoms with Gasteiger partial charge in [0, 0.05) is 25.3 Å². The number of fused-ring (bicyclic) bond motifs is 2.